The van der Waals surface area contributed by atoms with E-state index in [1.807, 2.05) is 0 Å². The number of hydrogen-bond donors (Lipinski definition) is 2. The lowest BCUT2D eigenvalue weighted by Crippen LogP contribution is -2.38. The maximum atomic E-state index is 12.3. The SMILES string of the molecule is CCNC(=NCc1ccccc1OC(F)F)NCCC(F)(F)F.I. The Kier molecular flexibility index (Phi) is 10.6. The second kappa shape index (κ2) is 11.3. The molecule has 0 spiro atoms. The van der Waals surface area contributed by atoms with E-state index < -0.39 is 19.2 Å². The summed E-state index contributed by atoms with van der Waals surface area (Å²) in [5.74, 6) is 0.154. The van der Waals surface area contributed by atoms with Crippen molar-refractivity contribution in [2.75, 3.05) is 13.1 Å². The van der Waals surface area contributed by atoms with Crippen LogP contribution in [0.25, 0.3) is 0 Å². The third kappa shape index (κ3) is 9.73. The van der Waals surface area contributed by atoms with Crippen molar-refractivity contribution in [1.29, 1.82) is 0 Å². The van der Waals surface area contributed by atoms with Gasteiger partial charge in [0.25, 0.3) is 0 Å². The molecule has 4 nitrogen and oxygen atoms in total. The Balaban J connectivity index is 0.00000529. The summed E-state index contributed by atoms with van der Waals surface area (Å²) in [6.07, 6.45) is -5.26. The number of hydrogen-bond acceptors (Lipinski definition) is 2. The number of guanidine groups is 1. The molecule has 1 aromatic rings. The number of rotatable bonds is 7. The molecule has 1 aromatic carbocycles. The molecule has 0 aliphatic heterocycles. The summed E-state index contributed by atoms with van der Waals surface area (Å²) in [7, 11) is 0. The molecule has 0 fully saturated rings. The highest BCUT2D eigenvalue weighted by atomic mass is 127. The van der Waals surface area contributed by atoms with Crippen molar-refractivity contribution < 1.29 is 26.7 Å². The van der Waals surface area contributed by atoms with Crippen molar-refractivity contribution in [3.05, 3.63) is 29.8 Å². The minimum Gasteiger partial charge on any atom is -0.434 e. The number of para-hydroxylation sites is 1. The van der Waals surface area contributed by atoms with Crippen LogP contribution in [0.15, 0.2) is 29.3 Å². The first-order valence-corrected chi connectivity index (χ1v) is 6.93. The molecule has 10 heteroatoms. The minimum absolute atomic E-state index is 0. The van der Waals surface area contributed by atoms with Crippen molar-refractivity contribution >= 4 is 29.9 Å². The van der Waals surface area contributed by atoms with Gasteiger partial charge >= 0.3 is 12.8 Å². The second-order valence-electron chi connectivity index (χ2n) is 4.47. The summed E-state index contributed by atoms with van der Waals surface area (Å²) in [5.41, 5.74) is 0.404. The highest BCUT2D eigenvalue weighted by Gasteiger charge is 2.26. The molecular formula is C14H19F5IN3O. The zero-order valence-electron chi connectivity index (χ0n) is 12.9. The molecule has 2 N–H and O–H groups in total. The monoisotopic (exact) mass is 467 g/mol. The number of ether oxygens (including phenoxy) is 1. The van der Waals surface area contributed by atoms with Crippen LogP contribution >= 0.6 is 24.0 Å². The maximum absolute atomic E-state index is 12.3. The number of halogens is 6. The molecular weight excluding hydrogens is 448 g/mol. The Morgan fingerprint density at radius 3 is 2.46 bits per heavy atom. The van der Waals surface area contributed by atoms with E-state index in [0.717, 1.165) is 0 Å². The standard InChI is InChI=1S/C14H18F5N3O.HI/c1-2-20-13(21-8-7-14(17,18)19)22-9-10-5-3-4-6-11(10)23-12(15)16;/h3-6,12H,2,7-9H2,1H3,(H2,20,21,22);1H. The Labute approximate surface area is 153 Å². The minimum atomic E-state index is -4.26. The Morgan fingerprint density at radius 2 is 1.88 bits per heavy atom. The van der Waals surface area contributed by atoms with Gasteiger partial charge in [0.2, 0.25) is 0 Å². The summed E-state index contributed by atoms with van der Waals surface area (Å²) in [6.45, 7) is -1.09. The smallest absolute Gasteiger partial charge is 0.390 e. The fourth-order valence-corrected chi connectivity index (χ4v) is 1.67. The number of benzene rings is 1. The van der Waals surface area contributed by atoms with Crippen LogP contribution in [0.2, 0.25) is 0 Å². The van der Waals surface area contributed by atoms with Crippen LogP contribution in [0, 0.1) is 0 Å². The van der Waals surface area contributed by atoms with Gasteiger partial charge in [0.05, 0.1) is 13.0 Å². The molecule has 0 atom stereocenters. The van der Waals surface area contributed by atoms with Gasteiger partial charge < -0.3 is 15.4 Å². The highest BCUT2D eigenvalue weighted by Crippen LogP contribution is 2.21. The van der Waals surface area contributed by atoms with Gasteiger partial charge in [-0.15, -0.1) is 24.0 Å². The molecule has 1 rings (SSSR count). The van der Waals surface area contributed by atoms with Gasteiger partial charge in [-0.25, -0.2) is 4.99 Å². The topological polar surface area (TPSA) is 45.7 Å². The molecule has 0 unspecified atom stereocenters. The lowest BCUT2D eigenvalue weighted by atomic mass is 10.2. The van der Waals surface area contributed by atoms with Gasteiger partial charge in [0.15, 0.2) is 5.96 Å². The van der Waals surface area contributed by atoms with Crippen LogP contribution in [0.5, 0.6) is 5.75 Å². The van der Waals surface area contributed by atoms with E-state index in [1.165, 1.54) is 12.1 Å². The van der Waals surface area contributed by atoms with Crippen molar-refractivity contribution in [2.45, 2.75) is 32.7 Å². The van der Waals surface area contributed by atoms with E-state index in [1.54, 1.807) is 19.1 Å². The zero-order valence-corrected chi connectivity index (χ0v) is 15.2. The van der Waals surface area contributed by atoms with Crippen LogP contribution in [0.4, 0.5) is 22.0 Å². The molecule has 0 saturated heterocycles. The van der Waals surface area contributed by atoms with Crippen LogP contribution in [-0.4, -0.2) is 31.8 Å². The van der Waals surface area contributed by atoms with Gasteiger partial charge in [-0.1, -0.05) is 18.2 Å². The maximum Gasteiger partial charge on any atom is 0.390 e. The van der Waals surface area contributed by atoms with Crippen molar-refractivity contribution in [3.8, 4) is 5.75 Å². The summed E-state index contributed by atoms with van der Waals surface area (Å²) in [4.78, 5) is 4.07. The number of nitrogens with one attached hydrogen (secondary N) is 2. The molecule has 0 aliphatic carbocycles. The lowest BCUT2D eigenvalue weighted by Gasteiger charge is -2.13. The third-order valence-electron chi connectivity index (χ3n) is 2.64. The summed E-state index contributed by atoms with van der Waals surface area (Å²) in [5, 5.41) is 5.32. The molecule has 24 heavy (non-hydrogen) atoms. The number of alkyl halides is 5. The second-order valence-corrected chi connectivity index (χ2v) is 4.47. The first-order chi connectivity index (χ1) is 10.8. The number of nitrogens with zero attached hydrogens (tertiary/aromatic N) is 1. The molecule has 0 saturated carbocycles. The van der Waals surface area contributed by atoms with E-state index in [9.17, 15) is 22.0 Å². The van der Waals surface area contributed by atoms with Crippen molar-refractivity contribution in [2.24, 2.45) is 4.99 Å². The molecule has 0 bridgehead atoms. The fraction of sp³-hybridized carbons (Fsp3) is 0.500. The molecule has 0 amide bonds. The van der Waals surface area contributed by atoms with E-state index in [2.05, 4.69) is 20.4 Å². The Morgan fingerprint density at radius 1 is 1.21 bits per heavy atom. The van der Waals surface area contributed by atoms with Crippen LogP contribution in [0.3, 0.4) is 0 Å². The quantitative estimate of drug-likeness (QED) is 0.277. The predicted octanol–water partition coefficient (Wildman–Crippen LogP) is 3.91. The van der Waals surface area contributed by atoms with Gasteiger partial charge in [0, 0.05) is 18.7 Å². The summed E-state index contributed by atoms with van der Waals surface area (Å²) < 4.78 is 65.4. The molecule has 0 heterocycles. The van der Waals surface area contributed by atoms with E-state index in [-0.39, 0.29) is 48.8 Å². The number of aliphatic imine (C=N–C) groups is 1. The lowest BCUT2D eigenvalue weighted by molar-refractivity contribution is -0.132. The first-order valence-electron chi connectivity index (χ1n) is 6.93. The van der Waals surface area contributed by atoms with Crippen LogP contribution in [-0.2, 0) is 6.54 Å². The van der Waals surface area contributed by atoms with Crippen LogP contribution < -0.4 is 15.4 Å². The molecule has 138 valence electrons. The summed E-state index contributed by atoms with van der Waals surface area (Å²) >= 11 is 0. The Bertz CT molecular complexity index is 511. The molecule has 0 radical (unpaired) electrons. The highest BCUT2D eigenvalue weighted by molar-refractivity contribution is 14.0. The van der Waals surface area contributed by atoms with E-state index >= 15 is 0 Å². The summed E-state index contributed by atoms with van der Waals surface area (Å²) in [6, 6.07) is 6.10. The van der Waals surface area contributed by atoms with Gasteiger partial charge in [-0.3, -0.25) is 0 Å². The predicted molar refractivity (Wildman–Crippen MR) is 92.0 cm³/mol. The van der Waals surface area contributed by atoms with Gasteiger partial charge in [-0.2, -0.15) is 22.0 Å². The Hall–Kier alpha value is -1.33. The normalized spacial score (nSPS) is 11.9. The first kappa shape index (κ1) is 22.7. The fourth-order valence-electron chi connectivity index (χ4n) is 1.67. The van der Waals surface area contributed by atoms with E-state index in [0.29, 0.717) is 12.1 Å². The average molecular weight is 467 g/mol. The van der Waals surface area contributed by atoms with Gasteiger partial charge in [-0.05, 0) is 13.0 Å². The molecule has 0 aliphatic rings. The average Bonchev–Trinajstić information content (AvgIpc) is 2.44. The largest absolute Gasteiger partial charge is 0.434 e. The van der Waals surface area contributed by atoms with Crippen molar-refractivity contribution in [3.63, 3.8) is 0 Å². The van der Waals surface area contributed by atoms with Crippen LogP contribution in [0.1, 0.15) is 18.9 Å². The third-order valence-corrected chi connectivity index (χ3v) is 2.64. The molecule has 0 aromatic heterocycles. The van der Waals surface area contributed by atoms with E-state index in [4.69, 9.17) is 0 Å². The zero-order chi connectivity index (χ0) is 17.3. The van der Waals surface area contributed by atoms with Gasteiger partial charge in [0.1, 0.15) is 5.75 Å². The van der Waals surface area contributed by atoms with Crippen molar-refractivity contribution in [1.82, 2.24) is 10.6 Å².